The van der Waals surface area contributed by atoms with Crippen LogP contribution >= 0.6 is 34.8 Å². The average molecular weight is 265 g/mol. The minimum absolute atomic E-state index is 0.117. The fourth-order valence-electron chi connectivity index (χ4n) is 1.07. The van der Waals surface area contributed by atoms with Gasteiger partial charge in [0.25, 0.3) is 0 Å². The van der Waals surface area contributed by atoms with Crippen molar-refractivity contribution in [3.05, 3.63) is 31.8 Å². The van der Waals surface area contributed by atoms with E-state index in [1.165, 1.54) is 0 Å². The van der Waals surface area contributed by atoms with Crippen LogP contribution in [0.1, 0.15) is 31.1 Å². The van der Waals surface area contributed by atoms with Crippen molar-refractivity contribution in [1.82, 2.24) is 0 Å². The summed E-state index contributed by atoms with van der Waals surface area (Å²) in [6, 6.07) is 0. The topological polar surface area (TPSA) is 51.2 Å². The molecule has 0 saturated carbocycles. The van der Waals surface area contributed by atoms with E-state index in [1.807, 2.05) is 0 Å². The zero-order chi connectivity index (χ0) is 11.6. The van der Waals surface area contributed by atoms with Crippen molar-refractivity contribution in [3.8, 4) is 0 Å². The molecular weight excluding hydrogens is 262 g/mol. The highest BCUT2D eigenvalue weighted by atomic mass is 35.5. The van der Waals surface area contributed by atoms with Gasteiger partial charge in [-0.05, 0) is 0 Å². The molecule has 0 atom stereocenters. The standard InChI is InChI=1S/C9H3Cl3O3/c10-7-5(2-14)4(1-13)6(3-15)8(11)9(7)12/h1-3H. The Hall–Kier alpha value is -0.900. The summed E-state index contributed by atoms with van der Waals surface area (Å²) in [4.78, 5) is 32.1. The summed E-state index contributed by atoms with van der Waals surface area (Å²) < 4.78 is 0. The zero-order valence-corrected chi connectivity index (χ0v) is 9.36. The van der Waals surface area contributed by atoms with E-state index < -0.39 is 0 Å². The first-order chi connectivity index (χ1) is 7.08. The highest BCUT2D eigenvalue weighted by Gasteiger charge is 2.19. The Labute approximate surface area is 99.9 Å². The number of halogens is 3. The smallest absolute Gasteiger partial charge is 0.152 e. The predicted molar refractivity (Wildman–Crippen MR) is 57.6 cm³/mol. The molecule has 3 nitrogen and oxygen atoms in total. The zero-order valence-electron chi connectivity index (χ0n) is 7.09. The van der Waals surface area contributed by atoms with Crippen LogP contribution < -0.4 is 0 Å². The first-order valence-electron chi connectivity index (χ1n) is 3.64. The van der Waals surface area contributed by atoms with E-state index >= 15 is 0 Å². The lowest BCUT2D eigenvalue weighted by Gasteiger charge is -2.08. The lowest BCUT2D eigenvalue weighted by Crippen LogP contribution is -2.01. The van der Waals surface area contributed by atoms with Crippen molar-refractivity contribution in [3.63, 3.8) is 0 Å². The molecule has 0 aromatic heterocycles. The molecule has 0 aliphatic heterocycles. The van der Waals surface area contributed by atoms with Crippen molar-refractivity contribution >= 4 is 53.7 Å². The maximum Gasteiger partial charge on any atom is 0.152 e. The van der Waals surface area contributed by atoms with E-state index in [1.54, 1.807) is 0 Å². The summed E-state index contributed by atoms with van der Waals surface area (Å²) in [5.41, 5.74) is -0.425. The molecule has 0 spiro atoms. The molecular formula is C9H3Cl3O3. The second kappa shape index (κ2) is 4.75. The van der Waals surface area contributed by atoms with Gasteiger partial charge in [-0.15, -0.1) is 0 Å². The first kappa shape index (κ1) is 12.2. The van der Waals surface area contributed by atoms with Gasteiger partial charge in [-0.2, -0.15) is 0 Å². The van der Waals surface area contributed by atoms with Gasteiger partial charge in [0.1, 0.15) is 0 Å². The second-order valence-corrected chi connectivity index (χ2v) is 3.67. The van der Waals surface area contributed by atoms with Gasteiger partial charge < -0.3 is 0 Å². The fourth-order valence-corrected chi connectivity index (χ4v) is 1.81. The van der Waals surface area contributed by atoms with Crippen LogP contribution in [0.5, 0.6) is 0 Å². The molecule has 0 radical (unpaired) electrons. The van der Waals surface area contributed by atoms with Gasteiger partial charge in [0.2, 0.25) is 0 Å². The number of benzene rings is 1. The number of aldehydes is 3. The SMILES string of the molecule is O=Cc1c(Cl)c(Cl)c(Cl)c(C=O)c1C=O. The summed E-state index contributed by atoms with van der Waals surface area (Å²) in [5.74, 6) is 0. The van der Waals surface area contributed by atoms with E-state index in [9.17, 15) is 14.4 Å². The molecule has 78 valence electrons. The summed E-state index contributed by atoms with van der Waals surface area (Å²) in [6.45, 7) is 0. The minimum Gasteiger partial charge on any atom is -0.298 e. The fraction of sp³-hybridized carbons (Fsp3) is 0. The molecule has 0 N–H and O–H groups in total. The van der Waals surface area contributed by atoms with E-state index in [0.29, 0.717) is 18.9 Å². The molecule has 0 aliphatic carbocycles. The highest BCUT2D eigenvalue weighted by molar-refractivity contribution is 6.50. The maximum absolute atomic E-state index is 10.7. The normalized spacial score (nSPS) is 9.80. The van der Waals surface area contributed by atoms with Gasteiger partial charge in [-0.25, -0.2) is 0 Å². The van der Waals surface area contributed by atoms with Gasteiger partial charge in [0.05, 0.1) is 15.1 Å². The number of hydrogen-bond acceptors (Lipinski definition) is 3. The quantitative estimate of drug-likeness (QED) is 0.623. The molecule has 0 amide bonds. The second-order valence-electron chi connectivity index (χ2n) is 2.54. The monoisotopic (exact) mass is 264 g/mol. The van der Waals surface area contributed by atoms with E-state index in [-0.39, 0.29) is 31.8 Å². The number of rotatable bonds is 3. The van der Waals surface area contributed by atoms with Crippen molar-refractivity contribution in [2.24, 2.45) is 0 Å². The van der Waals surface area contributed by atoms with Crippen LogP contribution in [-0.2, 0) is 0 Å². The molecule has 1 aromatic carbocycles. The molecule has 6 heteroatoms. The van der Waals surface area contributed by atoms with Gasteiger partial charge in [-0.3, -0.25) is 14.4 Å². The van der Waals surface area contributed by atoms with Crippen LogP contribution in [0.15, 0.2) is 0 Å². The van der Waals surface area contributed by atoms with Gasteiger partial charge in [0, 0.05) is 16.7 Å². The van der Waals surface area contributed by atoms with Crippen LogP contribution in [-0.4, -0.2) is 18.9 Å². The average Bonchev–Trinajstić information content (AvgIpc) is 2.25. The van der Waals surface area contributed by atoms with Crippen molar-refractivity contribution < 1.29 is 14.4 Å². The maximum atomic E-state index is 10.7. The lowest BCUT2D eigenvalue weighted by atomic mass is 10.0. The number of carbonyl (C=O) groups excluding carboxylic acids is 3. The van der Waals surface area contributed by atoms with Crippen LogP contribution in [0.2, 0.25) is 15.1 Å². The largest absolute Gasteiger partial charge is 0.298 e. The van der Waals surface area contributed by atoms with Crippen LogP contribution in [0.3, 0.4) is 0 Å². The minimum atomic E-state index is -0.153. The molecule has 15 heavy (non-hydrogen) atoms. The predicted octanol–water partition coefficient (Wildman–Crippen LogP) is 3.08. The molecule has 0 saturated heterocycles. The van der Waals surface area contributed by atoms with Crippen LogP contribution in [0.4, 0.5) is 0 Å². The number of carbonyl (C=O) groups is 3. The Balaban J connectivity index is 3.81. The lowest BCUT2D eigenvalue weighted by molar-refractivity contribution is 0.108. The summed E-state index contributed by atoms with van der Waals surface area (Å²) >= 11 is 17.1. The third-order valence-electron chi connectivity index (χ3n) is 1.79. The Morgan fingerprint density at radius 2 is 0.933 bits per heavy atom. The van der Waals surface area contributed by atoms with Crippen molar-refractivity contribution in [2.45, 2.75) is 0 Å². The summed E-state index contributed by atoms with van der Waals surface area (Å²) in [6.07, 6.45) is 1.03. The summed E-state index contributed by atoms with van der Waals surface area (Å²) in [5, 5.41) is -0.387. The third kappa shape index (κ3) is 1.91. The Morgan fingerprint density at radius 3 is 1.20 bits per heavy atom. The van der Waals surface area contributed by atoms with Crippen LogP contribution in [0.25, 0.3) is 0 Å². The van der Waals surface area contributed by atoms with Gasteiger partial charge in [-0.1, -0.05) is 34.8 Å². The van der Waals surface area contributed by atoms with Crippen molar-refractivity contribution in [2.75, 3.05) is 0 Å². The Bertz CT molecular complexity index is 419. The third-order valence-corrected chi connectivity index (χ3v) is 3.15. The van der Waals surface area contributed by atoms with Gasteiger partial charge >= 0.3 is 0 Å². The van der Waals surface area contributed by atoms with E-state index in [4.69, 9.17) is 34.8 Å². The molecule has 0 bridgehead atoms. The Morgan fingerprint density at radius 1 is 0.600 bits per heavy atom. The molecule has 0 aliphatic rings. The van der Waals surface area contributed by atoms with E-state index in [2.05, 4.69) is 0 Å². The van der Waals surface area contributed by atoms with Crippen molar-refractivity contribution in [1.29, 1.82) is 0 Å². The molecule has 0 unspecified atom stereocenters. The molecule has 0 heterocycles. The molecule has 0 fully saturated rings. The summed E-state index contributed by atoms with van der Waals surface area (Å²) in [7, 11) is 0. The number of hydrogen-bond donors (Lipinski definition) is 0. The Kier molecular flexibility index (Phi) is 3.85. The molecule has 1 aromatic rings. The van der Waals surface area contributed by atoms with Crippen LogP contribution in [0, 0.1) is 0 Å². The highest BCUT2D eigenvalue weighted by Crippen LogP contribution is 2.36. The molecule has 1 rings (SSSR count). The van der Waals surface area contributed by atoms with E-state index in [0.717, 1.165) is 0 Å². The first-order valence-corrected chi connectivity index (χ1v) is 4.77. The van der Waals surface area contributed by atoms with Gasteiger partial charge in [0.15, 0.2) is 18.9 Å².